The number of furan rings is 1. The molecule has 6 heteroatoms. The van der Waals surface area contributed by atoms with Crippen LogP contribution in [-0.4, -0.2) is 14.5 Å². The molecule has 5 nitrogen and oxygen atoms in total. The Morgan fingerprint density at radius 3 is 1.79 bits per heavy atom. The lowest BCUT2D eigenvalue weighted by atomic mass is 9.98. The highest BCUT2D eigenvalue weighted by molar-refractivity contribution is 7.26. The third-order valence-electron chi connectivity index (χ3n) is 12.2. The zero-order chi connectivity index (χ0) is 40.7. The van der Waals surface area contributed by atoms with E-state index in [-0.39, 0.29) is 0 Å². The maximum Gasteiger partial charge on any atom is 0.236 e. The number of hydrogen-bond acceptors (Lipinski definition) is 5. The van der Waals surface area contributed by atoms with Crippen molar-refractivity contribution in [1.82, 2.24) is 14.5 Å². The molecule has 0 spiro atoms. The van der Waals surface area contributed by atoms with Crippen molar-refractivity contribution in [3.63, 3.8) is 0 Å². The SMILES string of the molecule is c1ccc(-c2ccc(N(c3ccccc3)c3ccc4oc5c(c4c3)c3ccccc3c3c4ccccc4n(-c4nc(-c6ccccc6)c6sc7ccccc7c6n4)c53)cc2)cc1. The molecule has 0 unspecified atom stereocenters. The van der Waals surface area contributed by atoms with Crippen LogP contribution in [0.1, 0.15) is 0 Å². The predicted molar refractivity (Wildman–Crippen MR) is 260 cm³/mol. The molecular weight excluding hydrogens is 777 g/mol. The quantitative estimate of drug-likeness (QED) is 0.168. The highest BCUT2D eigenvalue weighted by atomic mass is 32.1. The van der Waals surface area contributed by atoms with E-state index in [1.165, 1.54) is 15.8 Å². The summed E-state index contributed by atoms with van der Waals surface area (Å²) in [7, 11) is 0. The maximum atomic E-state index is 7.14. The highest BCUT2D eigenvalue weighted by Gasteiger charge is 2.26. The Morgan fingerprint density at radius 1 is 0.452 bits per heavy atom. The van der Waals surface area contributed by atoms with Gasteiger partial charge in [-0.1, -0.05) is 152 Å². The number of para-hydroxylation sites is 2. The molecular formula is C56H34N4OS. The van der Waals surface area contributed by atoms with E-state index in [9.17, 15) is 0 Å². The first-order valence-corrected chi connectivity index (χ1v) is 21.6. The minimum absolute atomic E-state index is 0.609. The molecule has 0 bridgehead atoms. The summed E-state index contributed by atoms with van der Waals surface area (Å²) in [5.41, 5.74) is 12.1. The van der Waals surface area contributed by atoms with Gasteiger partial charge in [0.25, 0.3) is 0 Å². The first-order valence-electron chi connectivity index (χ1n) is 20.8. The first-order chi connectivity index (χ1) is 30.8. The molecule has 290 valence electrons. The molecule has 9 aromatic carbocycles. The topological polar surface area (TPSA) is 47.1 Å². The Bertz CT molecular complexity index is 3850. The molecule has 0 N–H and O–H groups in total. The third-order valence-corrected chi connectivity index (χ3v) is 13.4. The minimum atomic E-state index is 0.609. The van der Waals surface area contributed by atoms with Crippen LogP contribution < -0.4 is 4.90 Å². The standard InChI is InChI=1S/C56H34N4OS/c1-4-16-35(17-5-1)36-28-30-39(31-29-36)59(38-20-8-3-9-21-38)40-32-33-47-45(34-40)50-42-23-11-10-22-41(42)49-43-24-12-14-26-46(43)60(53(49)54(50)61-47)56-57-51(37-18-6-2-7-19-37)55-52(58-56)44-25-13-15-27-48(44)62-55/h1-34H. The van der Waals surface area contributed by atoms with Gasteiger partial charge in [0.15, 0.2) is 5.58 Å². The van der Waals surface area contributed by atoms with Gasteiger partial charge in [0.1, 0.15) is 11.1 Å². The molecule has 0 amide bonds. The fourth-order valence-corrected chi connectivity index (χ4v) is 10.6. The molecule has 0 atom stereocenters. The van der Waals surface area contributed by atoms with Gasteiger partial charge in [0, 0.05) is 54.3 Å². The van der Waals surface area contributed by atoms with Crippen LogP contribution in [0.2, 0.25) is 0 Å². The summed E-state index contributed by atoms with van der Waals surface area (Å²) in [6, 6.07) is 72.9. The second-order valence-corrected chi connectivity index (χ2v) is 16.8. The molecule has 4 aromatic heterocycles. The summed E-state index contributed by atoms with van der Waals surface area (Å²) >= 11 is 1.75. The smallest absolute Gasteiger partial charge is 0.236 e. The van der Waals surface area contributed by atoms with Crippen LogP contribution in [0.5, 0.6) is 0 Å². The van der Waals surface area contributed by atoms with E-state index in [1.807, 2.05) is 0 Å². The van der Waals surface area contributed by atoms with Crippen molar-refractivity contribution in [2.75, 3.05) is 4.90 Å². The number of fused-ring (bicyclic) bond motifs is 13. The summed E-state index contributed by atoms with van der Waals surface area (Å²) in [6.07, 6.45) is 0. The Labute approximate surface area is 360 Å². The van der Waals surface area contributed by atoms with E-state index < -0.39 is 0 Å². The molecule has 13 rings (SSSR count). The van der Waals surface area contributed by atoms with Gasteiger partial charge in [-0.05, 0) is 76.5 Å². The number of hydrogen-bond donors (Lipinski definition) is 0. The summed E-state index contributed by atoms with van der Waals surface area (Å²) in [5, 5.41) is 7.76. The molecule has 4 heterocycles. The van der Waals surface area contributed by atoms with Crippen molar-refractivity contribution in [3.05, 3.63) is 206 Å². The van der Waals surface area contributed by atoms with E-state index in [4.69, 9.17) is 14.4 Å². The lowest BCUT2D eigenvalue weighted by molar-refractivity contribution is 0.671. The van der Waals surface area contributed by atoms with Gasteiger partial charge in [-0.25, -0.2) is 9.97 Å². The number of aromatic nitrogens is 3. The average molecular weight is 811 g/mol. The number of thiophene rings is 1. The predicted octanol–water partition coefficient (Wildman–Crippen LogP) is 15.8. The highest BCUT2D eigenvalue weighted by Crippen LogP contribution is 2.48. The van der Waals surface area contributed by atoms with Crippen molar-refractivity contribution in [2.45, 2.75) is 0 Å². The average Bonchev–Trinajstić information content (AvgIpc) is 4.03. The first kappa shape index (κ1) is 34.8. The lowest BCUT2D eigenvalue weighted by Gasteiger charge is -2.25. The maximum absolute atomic E-state index is 7.14. The molecule has 13 aromatic rings. The second-order valence-electron chi connectivity index (χ2n) is 15.7. The Kier molecular flexibility index (Phi) is 7.71. The van der Waals surface area contributed by atoms with Crippen LogP contribution in [0.3, 0.4) is 0 Å². The van der Waals surface area contributed by atoms with Gasteiger partial charge in [0.05, 0.1) is 21.4 Å². The molecule has 0 saturated carbocycles. The van der Waals surface area contributed by atoms with Crippen molar-refractivity contribution in [1.29, 1.82) is 0 Å². The number of anilines is 3. The van der Waals surface area contributed by atoms with Gasteiger partial charge in [0.2, 0.25) is 5.95 Å². The van der Waals surface area contributed by atoms with Gasteiger partial charge in [-0.2, -0.15) is 0 Å². The second kappa shape index (κ2) is 13.7. The van der Waals surface area contributed by atoms with E-state index in [0.29, 0.717) is 5.95 Å². The molecule has 62 heavy (non-hydrogen) atoms. The summed E-state index contributed by atoms with van der Waals surface area (Å²) in [5.74, 6) is 0.609. The molecule has 0 saturated heterocycles. The zero-order valence-corrected chi connectivity index (χ0v) is 34.1. The monoisotopic (exact) mass is 810 g/mol. The molecule has 0 aliphatic carbocycles. The molecule has 0 fully saturated rings. The van der Waals surface area contributed by atoms with E-state index in [2.05, 4.69) is 216 Å². The lowest BCUT2D eigenvalue weighted by Crippen LogP contribution is -2.09. The zero-order valence-electron chi connectivity index (χ0n) is 33.2. The van der Waals surface area contributed by atoms with Crippen LogP contribution in [0, 0.1) is 0 Å². The van der Waals surface area contributed by atoms with E-state index in [0.717, 1.165) is 98.4 Å². The van der Waals surface area contributed by atoms with E-state index >= 15 is 0 Å². The fraction of sp³-hybridized carbons (Fsp3) is 0. The van der Waals surface area contributed by atoms with Crippen LogP contribution in [-0.2, 0) is 0 Å². The van der Waals surface area contributed by atoms with Crippen LogP contribution >= 0.6 is 11.3 Å². The van der Waals surface area contributed by atoms with Crippen molar-refractivity contribution in [2.24, 2.45) is 0 Å². The number of rotatable bonds is 6. The minimum Gasteiger partial charge on any atom is -0.454 e. The summed E-state index contributed by atoms with van der Waals surface area (Å²) < 4.78 is 11.6. The van der Waals surface area contributed by atoms with Gasteiger partial charge in [-0.15, -0.1) is 11.3 Å². The van der Waals surface area contributed by atoms with Crippen molar-refractivity contribution in [3.8, 4) is 28.3 Å². The third kappa shape index (κ3) is 5.27. The van der Waals surface area contributed by atoms with Crippen LogP contribution in [0.25, 0.3) is 103 Å². The largest absolute Gasteiger partial charge is 0.454 e. The van der Waals surface area contributed by atoms with Crippen LogP contribution in [0.4, 0.5) is 17.1 Å². The number of nitrogens with zero attached hydrogens (tertiary/aromatic N) is 4. The number of benzene rings is 9. The van der Waals surface area contributed by atoms with Gasteiger partial charge < -0.3 is 9.32 Å². The Morgan fingerprint density at radius 2 is 1.03 bits per heavy atom. The Hall–Kier alpha value is -8.06. The normalized spacial score (nSPS) is 11.9. The summed E-state index contributed by atoms with van der Waals surface area (Å²) in [6.45, 7) is 0. The van der Waals surface area contributed by atoms with Gasteiger partial charge >= 0.3 is 0 Å². The van der Waals surface area contributed by atoms with Crippen LogP contribution in [0.15, 0.2) is 211 Å². The molecule has 0 aliphatic heterocycles. The Balaban J connectivity index is 1.10. The summed E-state index contributed by atoms with van der Waals surface area (Å²) in [4.78, 5) is 13.3. The van der Waals surface area contributed by atoms with Crippen molar-refractivity contribution < 1.29 is 4.42 Å². The molecule has 0 aliphatic rings. The van der Waals surface area contributed by atoms with E-state index in [1.54, 1.807) is 11.3 Å². The fourth-order valence-electron chi connectivity index (χ4n) is 9.44. The van der Waals surface area contributed by atoms with Crippen molar-refractivity contribution >= 4 is 103 Å². The molecule has 0 radical (unpaired) electrons. The van der Waals surface area contributed by atoms with Gasteiger partial charge in [-0.3, -0.25) is 4.57 Å².